The van der Waals surface area contributed by atoms with Crippen LogP contribution in [0.1, 0.15) is 15.4 Å². The van der Waals surface area contributed by atoms with Gasteiger partial charge in [-0.3, -0.25) is 10.1 Å². The Morgan fingerprint density at radius 1 is 1.32 bits per heavy atom. The lowest BCUT2D eigenvalue weighted by Crippen LogP contribution is -2.13. The van der Waals surface area contributed by atoms with E-state index in [-0.39, 0.29) is 11.6 Å². The van der Waals surface area contributed by atoms with Crippen molar-refractivity contribution in [1.82, 2.24) is 14.8 Å². The number of para-hydroxylation sites is 1. The molecule has 6 nitrogen and oxygen atoms in total. The molecular formula is C15H14N4O2S. The number of aromatic nitrogens is 3. The number of rotatable bonds is 4. The molecule has 0 radical (unpaired) electrons. The summed E-state index contributed by atoms with van der Waals surface area (Å²) in [6.45, 7) is 1.93. The molecule has 2 heterocycles. The highest BCUT2D eigenvalue weighted by atomic mass is 32.1. The van der Waals surface area contributed by atoms with E-state index in [9.17, 15) is 4.79 Å². The predicted molar refractivity (Wildman–Crippen MR) is 84.9 cm³/mol. The number of methoxy groups -OCH3 is 1. The van der Waals surface area contributed by atoms with Crippen molar-refractivity contribution >= 4 is 22.4 Å². The van der Waals surface area contributed by atoms with Gasteiger partial charge in [0.05, 0.1) is 19.0 Å². The maximum atomic E-state index is 12.3. The van der Waals surface area contributed by atoms with E-state index in [1.165, 1.54) is 18.4 Å². The highest BCUT2D eigenvalue weighted by Crippen LogP contribution is 2.22. The average Bonchev–Trinajstić information content (AvgIpc) is 3.14. The maximum absolute atomic E-state index is 12.3. The Labute approximate surface area is 131 Å². The molecule has 0 aliphatic heterocycles. The van der Waals surface area contributed by atoms with Gasteiger partial charge < -0.3 is 4.74 Å². The van der Waals surface area contributed by atoms with Crippen LogP contribution in [0.4, 0.5) is 5.13 Å². The van der Waals surface area contributed by atoms with Crippen molar-refractivity contribution in [2.45, 2.75) is 6.92 Å². The second kappa shape index (κ2) is 5.98. The smallest absolute Gasteiger partial charge is 0.281 e. The second-order valence-electron chi connectivity index (χ2n) is 4.56. The summed E-state index contributed by atoms with van der Waals surface area (Å²) in [5.74, 6) is 0.0653. The third-order valence-electron chi connectivity index (χ3n) is 2.98. The molecule has 0 saturated heterocycles. The van der Waals surface area contributed by atoms with Crippen molar-refractivity contribution in [3.8, 4) is 11.4 Å². The van der Waals surface area contributed by atoms with E-state index in [0.717, 1.165) is 10.6 Å². The van der Waals surface area contributed by atoms with E-state index in [1.807, 2.05) is 37.3 Å². The highest BCUT2D eigenvalue weighted by Gasteiger charge is 2.19. The summed E-state index contributed by atoms with van der Waals surface area (Å²) in [4.78, 5) is 17.5. The molecule has 0 fully saturated rings. The fourth-order valence-electron chi connectivity index (χ4n) is 1.95. The van der Waals surface area contributed by atoms with Gasteiger partial charge in [0.2, 0.25) is 0 Å². The first-order valence-electron chi connectivity index (χ1n) is 6.60. The number of nitrogens with one attached hydrogen (secondary N) is 1. The fraction of sp³-hybridized carbons (Fsp3) is 0.133. The third kappa shape index (κ3) is 2.84. The minimum atomic E-state index is -0.346. The number of ether oxygens (including phenoxy) is 1. The molecular weight excluding hydrogens is 300 g/mol. The number of amides is 1. The van der Waals surface area contributed by atoms with E-state index in [2.05, 4.69) is 15.4 Å². The zero-order valence-corrected chi connectivity index (χ0v) is 12.9. The molecule has 112 valence electrons. The van der Waals surface area contributed by atoms with E-state index < -0.39 is 0 Å². The van der Waals surface area contributed by atoms with E-state index >= 15 is 0 Å². The minimum absolute atomic E-state index is 0.221. The second-order valence-corrected chi connectivity index (χ2v) is 5.79. The van der Waals surface area contributed by atoms with Crippen molar-refractivity contribution in [3.63, 3.8) is 0 Å². The Morgan fingerprint density at radius 2 is 2.09 bits per heavy atom. The lowest BCUT2D eigenvalue weighted by atomic mass is 10.3. The predicted octanol–water partition coefficient (Wildman–Crippen LogP) is 2.90. The monoisotopic (exact) mass is 314 g/mol. The van der Waals surface area contributed by atoms with Crippen LogP contribution >= 0.6 is 11.3 Å². The number of aryl methyl sites for hydroxylation is 1. The molecule has 0 bridgehead atoms. The van der Waals surface area contributed by atoms with Crippen molar-refractivity contribution in [1.29, 1.82) is 0 Å². The van der Waals surface area contributed by atoms with Crippen LogP contribution in [0.15, 0.2) is 42.7 Å². The van der Waals surface area contributed by atoms with Gasteiger partial charge in [-0.05, 0) is 19.1 Å². The van der Waals surface area contributed by atoms with E-state index in [4.69, 9.17) is 4.74 Å². The highest BCUT2D eigenvalue weighted by molar-refractivity contribution is 7.15. The summed E-state index contributed by atoms with van der Waals surface area (Å²) in [5, 5.41) is 7.58. The molecule has 7 heteroatoms. The first-order valence-corrected chi connectivity index (χ1v) is 7.42. The maximum Gasteiger partial charge on any atom is 0.281 e. The summed E-state index contributed by atoms with van der Waals surface area (Å²) >= 11 is 1.41. The Kier molecular flexibility index (Phi) is 3.88. The van der Waals surface area contributed by atoms with Crippen LogP contribution in [0.2, 0.25) is 0 Å². The molecule has 1 amide bonds. The molecule has 1 aromatic carbocycles. The Morgan fingerprint density at radius 3 is 2.73 bits per heavy atom. The molecule has 22 heavy (non-hydrogen) atoms. The van der Waals surface area contributed by atoms with E-state index in [0.29, 0.717) is 10.9 Å². The number of nitrogens with zero attached hydrogens (tertiary/aromatic N) is 3. The Bertz CT molecular complexity index is 795. The van der Waals surface area contributed by atoms with Crippen molar-refractivity contribution < 1.29 is 9.53 Å². The van der Waals surface area contributed by atoms with Gasteiger partial charge in [0.1, 0.15) is 0 Å². The van der Waals surface area contributed by atoms with Crippen LogP contribution in [0.25, 0.3) is 5.69 Å². The molecule has 0 atom stereocenters. The first-order chi connectivity index (χ1) is 10.7. The van der Waals surface area contributed by atoms with Crippen LogP contribution in [0, 0.1) is 6.92 Å². The van der Waals surface area contributed by atoms with Crippen molar-refractivity contribution in [2.24, 2.45) is 0 Å². The van der Waals surface area contributed by atoms with Crippen LogP contribution < -0.4 is 10.1 Å². The lowest BCUT2D eigenvalue weighted by molar-refractivity contribution is 0.101. The fourth-order valence-corrected chi connectivity index (χ4v) is 2.61. The molecule has 0 aliphatic rings. The summed E-state index contributed by atoms with van der Waals surface area (Å²) in [6, 6.07) is 9.53. The lowest BCUT2D eigenvalue weighted by Gasteiger charge is -2.00. The summed E-state index contributed by atoms with van der Waals surface area (Å²) < 4.78 is 6.86. The summed E-state index contributed by atoms with van der Waals surface area (Å²) in [7, 11) is 1.51. The number of hydrogen-bond donors (Lipinski definition) is 1. The number of hydrogen-bond acceptors (Lipinski definition) is 5. The van der Waals surface area contributed by atoms with Crippen LogP contribution in [-0.2, 0) is 0 Å². The molecule has 1 N–H and O–H groups in total. The topological polar surface area (TPSA) is 69.0 Å². The van der Waals surface area contributed by atoms with Crippen LogP contribution in [0.3, 0.4) is 0 Å². The third-order valence-corrected chi connectivity index (χ3v) is 3.81. The van der Waals surface area contributed by atoms with Crippen LogP contribution in [-0.4, -0.2) is 27.8 Å². The molecule has 0 unspecified atom stereocenters. The summed E-state index contributed by atoms with van der Waals surface area (Å²) in [5.41, 5.74) is 1.07. The Balaban J connectivity index is 1.89. The quantitative estimate of drug-likeness (QED) is 0.804. The largest absolute Gasteiger partial charge is 0.493 e. The van der Waals surface area contributed by atoms with Crippen molar-refractivity contribution in [3.05, 3.63) is 53.3 Å². The normalized spacial score (nSPS) is 10.5. The summed E-state index contributed by atoms with van der Waals surface area (Å²) in [6.07, 6.45) is 3.39. The van der Waals surface area contributed by atoms with E-state index in [1.54, 1.807) is 17.1 Å². The van der Waals surface area contributed by atoms with Crippen molar-refractivity contribution in [2.75, 3.05) is 12.4 Å². The van der Waals surface area contributed by atoms with Gasteiger partial charge in [-0.25, -0.2) is 9.67 Å². The number of anilines is 1. The molecule has 3 rings (SSSR count). The molecule has 0 spiro atoms. The molecule has 3 aromatic rings. The SMILES string of the molecule is COc1cn(-c2ccccc2)nc1C(=O)Nc1ncc(C)s1. The van der Waals surface area contributed by atoms with Gasteiger partial charge in [-0.2, -0.15) is 5.10 Å². The average molecular weight is 314 g/mol. The number of carbonyl (C=O) groups excluding carboxylic acids is 1. The van der Waals surface area contributed by atoms with Gasteiger partial charge in [-0.15, -0.1) is 11.3 Å². The van der Waals surface area contributed by atoms with Gasteiger partial charge in [-0.1, -0.05) is 18.2 Å². The van der Waals surface area contributed by atoms with Gasteiger partial charge in [0.15, 0.2) is 16.6 Å². The zero-order chi connectivity index (χ0) is 15.5. The zero-order valence-electron chi connectivity index (χ0n) is 12.1. The number of carbonyl (C=O) groups is 1. The molecule has 0 saturated carbocycles. The number of thiazole rings is 1. The molecule has 0 aliphatic carbocycles. The van der Waals surface area contributed by atoms with Gasteiger partial charge in [0, 0.05) is 11.1 Å². The Hall–Kier alpha value is -2.67. The standard InChI is InChI=1S/C15H14N4O2S/c1-10-8-16-15(22-10)17-14(20)13-12(21-2)9-19(18-13)11-6-4-3-5-7-11/h3-9H,1-2H3,(H,16,17,20). The minimum Gasteiger partial charge on any atom is -0.493 e. The molecule has 2 aromatic heterocycles. The van der Waals surface area contributed by atoms with Crippen LogP contribution in [0.5, 0.6) is 5.75 Å². The number of benzene rings is 1. The van der Waals surface area contributed by atoms with Gasteiger partial charge >= 0.3 is 0 Å². The first kappa shape index (κ1) is 14.3. The van der Waals surface area contributed by atoms with Gasteiger partial charge in [0.25, 0.3) is 5.91 Å².